The number of anilines is 2. The van der Waals surface area contributed by atoms with Crippen LogP contribution in [0, 0.1) is 6.92 Å². The van der Waals surface area contributed by atoms with E-state index in [1.807, 2.05) is 19.1 Å². The molecular formula is C14H19N5S. The molecule has 0 amide bonds. The summed E-state index contributed by atoms with van der Waals surface area (Å²) in [5.74, 6) is 1.02. The number of nitrogens with zero attached hydrogens (tertiary/aromatic N) is 4. The molecule has 2 aromatic heterocycles. The van der Waals surface area contributed by atoms with E-state index in [-0.39, 0.29) is 0 Å². The summed E-state index contributed by atoms with van der Waals surface area (Å²) in [6.07, 6.45) is 1.72. The van der Waals surface area contributed by atoms with Crippen LogP contribution in [0.4, 0.5) is 11.5 Å². The zero-order valence-electron chi connectivity index (χ0n) is 11.6. The molecule has 3 rings (SSSR count). The lowest BCUT2D eigenvalue weighted by molar-refractivity contribution is 0.249. The quantitative estimate of drug-likeness (QED) is 0.933. The molecule has 1 aliphatic heterocycles. The zero-order valence-corrected chi connectivity index (χ0v) is 12.4. The van der Waals surface area contributed by atoms with Gasteiger partial charge in [0.15, 0.2) is 0 Å². The highest BCUT2D eigenvalue weighted by Gasteiger charge is 2.18. The van der Waals surface area contributed by atoms with Gasteiger partial charge < -0.3 is 10.6 Å². The van der Waals surface area contributed by atoms with E-state index in [1.54, 1.807) is 17.5 Å². The van der Waals surface area contributed by atoms with Gasteiger partial charge in [0, 0.05) is 37.3 Å². The number of aryl methyl sites for hydroxylation is 1. The van der Waals surface area contributed by atoms with Crippen molar-refractivity contribution >= 4 is 22.8 Å². The Labute approximate surface area is 123 Å². The topological polar surface area (TPSA) is 58.3 Å². The van der Waals surface area contributed by atoms with Gasteiger partial charge in [0.1, 0.15) is 10.8 Å². The molecule has 1 saturated heterocycles. The number of hydrogen-bond donors (Lipinski definition) is 1. The summed E-state index contributed by atoms with van der Waals surface area (Å²) in [6, 6.07) is 3.90. The van der Waals surface area contributed by atoms with E-state index in [2.05, 4.69) is 25.1 Å². The van der Waals surface area contributed by atoms with Crippen molar-refractivity contribution < 1.29 is 0 Å². The molecule has 2 aromatic rings. The van der Waals surface area contributed by atoms with E-state index in [9.17, 15) is 0 Å². The summed E-state index contributed by atoms with van der Waals surface area (Å²) >= 11 is 1.75. The second-order valence-corrected chi connectivity index (χ2v) is 6.04. The molecule has 0 saturated carbocycles. The highest BCUT2D eigenvalue weighted by atomic mass is 32.1. The molecule has 0 bridgehead atoms. The SMILES string of the molecule is Cc1csc(CN2CCN(c3ccc(N)cn3)CC2)n1. The number of pyridine rings is 1. The number of aromatic nitrogens is 2. The Bertz CT molecular complexity index is 557. The van der Waals surface area contributed by atoms with Gasteiger partial charge in [-0.3, -0.25) is 4.90 Å². The maximum atomic E-state index is 5.67. The Balaban J connectivity index is 1.55. The Kier molecular flexibility index (Phi) is 3.84. The number of rotatable bonds is 3. The van der Waals surface area contributed by atoms with E-state index >= 15 is 0 Å². The second kappa shape index (κ2) is 5.76. The van der Waals surface area contributed by atoms with Crippen LogP contribution in [-0.2, 0) is 6.54 Å². The highest BCUT2D eigenvalue weighted by molar-refractivity contribution is 7.09. The molecule has 1 fully saturated rings. The summed E-state index contributed by atoms with van der Waals surface area (Å²) in [4.78, 5) is 13.7. The first kappa shape index (κ1) is 13.3. The van der Waals surface area contributed by atoms with Gasteiger partial charge in [0.05, 0.1) is 18.4 Å². The van der Waals surface area contributed by atoms with Gasteiger partial charge in [-0.15, -0.1) is 11.3 Å². The van der Waals surface area contributed by atoms with Crippen LogP contribution >= 0.6 is 11.3 Å². The van der Waals surface area contributed by atoms with Gasteiger partial charge in [0.2, 0.25) is 0 Å². The van der Waals surface area contributed by atoms with E-state index < -0.39 is 0 Å². The van der Waals surface area contributed by atoms with Gasteiger partial charge in [-0.25, -0.2) is 9.97 Å². The smallest absolute Gasteiger partial charge is 0.128 e. The first-order valence-corrected chi connectivity index (χ1v) is 7.68. The van der Waals surface area contributed by atoms with E-state index in [4.69, 9.17) is 5.73 Å². The number of nitrogens with two attached hydrogens (primary N) is 1. The molecule has 0 spiro atoms. The van der Waals surface area contributed by atoms with Crippen LogP contribution in [0.25, 0.3) is 0 Å². The maximum absolute atomic E-state index is 5.67. The van der Waals surface area contributed by atoms with E-state index in [1.165, 1.54) is 5.01 Å². The molecule has 1 aliphatic rings. The van der Waals surface area contributed by atoms with Crippen LogP contribution in [0.1, 0.15) is 10.7 Å². The Hall–Kier alpha value is -1.66. The average molecular weight is 289 g/mol. The number of nitrogen functional groups attached to an aromatic ring is 1. The lowest BCUT2D eigenvalue weighted by atomic mass is 10.3. The minimum absolute atomic E-state index is 0.714. The summed E-state index contributed by atoms with van der Waals surface area (Å²) in [6.45, 7) is 7.10. The van der Waals surface area contributed by atoms with Crippen molar-refractivity contribution in [2.45, 2.75) is 13.5 Å². The molecule has 5 nitrogen and oxygen atoms in total. The molecule has 0 aliphatic carbocycles. The molecule has 2 N–H and O–H groups in total. The van der Waals surface area contributed by atoms with Crippen LogP contribution in [-0.4, -0.2) is 41.0 Å². The first-order valence-electron chi connectivity index (χ1n) is 6.80. The maximum Gasteiger partial charge on any atom is 0.128 e. The van der Waals surface area contributed by atoms with Crippen molar-refractivity contribution in [1.82, 2.24) is 14.9 Å². The third-order valence-corrected chi connectivity index (χ3v) is 4.44. The number of thiazole rings is 1. The molecule has 0 aromatic carbocycles. The second-order valence-electron chi connectivity index (χ2n) is 5.10. The average Bonchev–Trinajstić information content (AvgIpc) is 2.86. The molecule has 3 heterocycles. The summed E-state index contributed by atoms with van der Waals surface area (Å²) in [5.41, 5.74) is 7.51. The largest absolute Gasteiger partial charge is 0.397 e. The molecule has 20 heavy (non-hydrogen) atoms. The van der Waals surface area contributed by atoms with Gasteiger partial charge in [-0.05, 0) is 19.1 Å². The summed E-state index contributed by atoms with van der Waals surface area (Å²) < 4.78 is 0. The van der Waals surface area contributed by atoms with Crippen molar-refractivity contribution in [3.63, 3.8) is 0 Å². The van der Waals surface area contributed by atoms with Crippen molar-refractivity contribution in [3.05, 3.63) is 34.4 Å². The molecule has 0 radical (unpaired) electrons. The first-order chi connectivity index (χ1) is 9.70. The third kappa shape index (κ3) is 3.08. The van der Waals surface area contributed by atoms with Crippen LogP contribution in [0.3, 0.4) is 0 Å². The minimum atomic E-state index is 0.714. The summed E-state index contributed by atoms with van der Waals surface area (Å²) in [5, 5.41) is 3.32. The predicted molar refractivity (Wildman–Crippen MR) is 83.0 cm³/mol. The molecular weight excluding hydrogens is 270 g/mol. The van der Waals surface area contributed by atoms with Gasteiger partial charge >= 0.3 is 0 Å². The number of hydrogen-bond acceptors (Lipinski definition) is 6. The van der Waals surface area contributed by atoms with Crippen molar-refractivity contribution in [2.24, 2.45) is 0 Å². The summed E-state index contributed by atoms with van der Waals surface area (Å²) in [7, 11) is 0. The minimum Gasteiger partial charge on any atom is -0.397 e. The normalized spacial score (nSPS) is 16.6. The third-order valence-electron chi connectivity index (χ3n) is 3.49. The fourth-order valence-electron chi connectivity index (χ4n) is 2.39. The van der Waals surface area contributed by atoms with Crippen molar-refractivity contribution in [3.8, 4) is 0 Å². The van der Waals surface area contributed by atoms with Gasteiger partial charge in [-0.2, -0.15) is 0 Å². The Morgan fingerprint density at radius 2 is 2.05 bits per heavy atom. The van der Waals surface area contributed by atoms with Gasteiger partial charge in [0.25, 0.3) is 0 Å². The highest BCUT2D eigenvalue weighted by Crippen LogP contribution is 2.17. The van der Waals surface area contributed by atoms with Gasteiger partial charge in [-0.1, -0.05) is 0 Å². The van der Waals surface area contributed by atoms with Crippen molar-refractivity contribution in [2.75, 3.05) is 36.8 Å². The standard InChI is InChI=1S/C14H19N5S/c1-11-10-20-14(17-11)9-18-4-6-19(7-5-18)13-3-2-12(15)8-16-13/h2-3,8,10H,4-7,9,15H2,1H3. The van der Waals surface area contributed by atoms with Crippen LogP contribution in [0.2, 0.25) is 0 Å². The van der Waals surface area contributed by atoms with Crippen LogP contribution < -0.4 is 10.6 Å². The zero-order chi connectivity index (χ0) is 13.9. The Morgan fingerprint density at radius 3 is 2.65 bits per heavy atom. The predicted octanol–water partition coefficient (Wildman–Crippen LogP) is 1.75. The van der Waals surface area contributed by atoms with Crippen molar-refractivity contribution in [1.29, 1.82) is 0 Å². The Morgan fingerprint density at radius 1 is 1.25 bits per heavy atom. The fraction of sp³-hybridized carbons (Fsp3) is 0.429. The lowest BCUT2D eigenvalue weighted by Crippen LogP contribution is -2.46. The van der Waals surface area contributed by atoms with Crippen LogP contribution in [0.15, 0.2) is 23.7 Å². The molecule has 0 atom stereocenters. The number of piperazine rings is 1. The molecule has 0 unspecified atom stereocenters. The van der Waals surface area contributed by atoms with Crippen LogP contribution in [0.5, 0.6) is 0 Å². The molecule has 6 heteroatoms. The van der Waals surface area contributed by atoms with E-state index in [0.29, 0.717) is 5.69 Å². The van der Waals surface area contributed by atoms with E-state index in [0.717, 1.165) is 44.2 Å². The molecule has 106 valence electrons. The fourth-order valence-corrected chi connectivity index (χ4v) is 3.20. The lowest BCUT2D eigenvalue weighted by Gasteiger charge is -2.34. The monoisotopic (exact) mass is 289 g/mol.